The second kappa shape index (κ2) is 6.55. The monoisotopic (exact) mass is 297 g/mol. The molecule has 0 fully saturated rings. The number of rotatable bonds is 6. The van der Waals surface area contributed by atoms with Crippen LogP contribution >= 0.6 is 0 Å². The van der Waals surface area contributed by atoms with Crippen molar-refractivity contribution in [2.45, 2.75) is 19.8 Å². The van der Waals surface area contributed by atoms with Crippen LogP contribution in [0.5, 0.6) is 5.88 Å². The predicted molar refractivity (Wildman–Crippen MR) is 82.2 cm³/mol. The number of fused-ring (bicyclic) bond motifs is 1. The van der Waals surface area contributed by atoms with Gasteiger partial charge in [-0.15, -0.1) is 0 Å². The minimum absolute atomic E-state index is 0.129. The average Bonchev–Trinajstić information content (AvgIpc) is 2.93. The highest BCUT2D eigenvalue weighted by molar-refractivity contribution is 5.84. The molecule has 2 N–H and O–H groups in total. The van der Waals surface area contributed by atoms with E-state index in [-0.39, 0.29) is 6.54 Å². The summed E-state index contributed by atoms with van der Waals surface area (Å²) < 4.78 is 11.0. The van der Waals surface area contributed by atoms with Crippen LogP contribution in [0, 0.1) is 0 Å². The average molecular weight is 297 g/mol. The van der Waals surface area contributed by atoms with Crippen LogP contribution in [-0.4, -0.2) is 22.1 Å². The van der Waals surface area contributed by atoms with Crippen molar-refractivity contribution in [3.8, 4) is 5.88 Å². The van der Waals surface area contributed by atoms with Gasteiger partial charge in [0.1, 0.15) is 17.4 Å². The van der Waals surface area contributed by atoms with Crippen molar-refractivity contribution in [1.29, 1.82) is 0 Å². The summed E-state index contributed by atoms with van der Waals surface area (Å²) in [5.74, 6) is 0.481. The summed E-state index contributed by atoms with van der Waals surface area (Å²) in [6.07, 6.45) is 1.45. The van der Waals surface area contributed by atoms with Crippen LogP contribution < -0.4 is 10.5 Å². The Kier molecular flexibility index (Phi) is 4.32. The van der Waals surface area contributed by atoms with Gasteiger partial charge in [-0.1, -0.05) is 30.3 Å². The van der Waals surface area contributed by atoms with Crippen molar-refractivity contribution in [2.75, 3.05) is 7.11 Å². The Hall–Kier alpha value is -2.44. The quantitative estimate of drug-likeness (QED) is 0.757. The van der Waals surface area contributed by atoms with Crippen molar-refractivity contribution < 1.29 is 9.47 Å². The molecular formula is C16H17N4O2. The Labute approximate surface area is 128 Å². The zero-order valence-corrected chi connectivity index (χ0v) is 12.3. The Morgan fingerprint density at radius 1 is 1.14 bits per heavy atom. The van der Waals surface area contributed by atoms with Crippen LogP contribution in [0.15, 0.2) is 36.7 Å². The van der Waals surface area contributed by atoms with Gasteiger partial charge in [0.05, 0.1) is 20.3 Å². The standard InChI is InChI=1S/C16H17N4O2/c1-21-16-15-14(18-10-19-16)12(7-17)13(20-15)9-22-8-11-5-3-2-4-6-11/h2-6,10,17,20H,7-9H2,1H3. The normalized spacial score (nSPS) is 11.0. The van der Waals surface area contributed by atoms with E-state index in [1.807, 2.05) is 30.3 Å². The molecule has 0 unspecified atom stereocenters. The van der Waals surface area contributed by atoms with E-state index in [0.29, 0.717) is 24.6 Å². The number of aromatic amines is 1. The van der Waals surface area contributed by atoms with Gasteiger partial charge >= 0.3 is 0 Å². The molecule has 0 aliphatic heterocycles. The van der Waals surface area contributed by atoms with Crippen LogP contribution in [0.2, 0.25) is 0 Å². The molecule has 0 saturated heterocycles. The first-order valence-corrected chi connectivity index (χ1v) is 6.98. The molecule has 0 aliphatic rings. The summed E-state index contributed by atoms with van der Waals surface area (Å²) in [5.41, 5.74) is 12.0. The largest absolute Gasteiger partial charge is 0.479 e. The van der Waals surface area contributed by atoms with Gasteiger partial charge in [-0.2, -0.15) is 4.98 Å². The van der Waals surface area contributed by atoms with Crippen LogP contribution in [0.1, 0.15) is 16.8 Å². The Balaban J connectivity index is 1.81. The van der Waals surface area contributed by atoms with E-state index in [4.69, 9.17) is 15.2 Å². The van der Waals surface area contributed by atoms with E-state index in [9.17, 15) is 0 Å². The molecule has 22 heavy (non-hydrogen) atoms. The maximum Gasteiger partial charge on any atom is 0.241 e. The lowest BCUT2D eigenvalue weighted by Crippen LogP contribution is -1.98. The van der Waals surface area contributed by atoms with E-state index in [1.54, 1.807) is 7.11 Å². The second-order valence-electron chi connectivity index (χ2n) is 4.84. The van der Waals surface area contributed by atoms with Gasteiger partial charge in [0.25, 0.3) is 0 Å². The smallest absolute Gasteiger partial charge is 0.241 e. The maximum atomic E-state index is 7.73. The number of nitrogens with one attached hydrogen (secondary N) is 2. The van der Waals surface area contributed by atoms with Crippen LogP contribution in [0.3, 0.4) is 0 Å². The molecule has 1 aromatic carbocycles. The highest BCUT2D eigenvalue weighted by Gasteiger charge is 2.15. The maximum absolute atomic E-state index is 7.73. The molecule has 0 bridgehead atoms. The molecule has 0 aliphatic carbocycles. The second-order valence-corrected chi connectivity index (χ2v) is 4.84. The summed E-state index contributed by atoms with van der Waals surface area (Å²) in [4.78, 5) is 11.6. The van der Waals surface area contributed by atoms with Gasteiger partial charge in [0, 0.05) is 17.8 Å². The summed E-state index contributed by atoms with van der Waals surface area (Å²) in [6.45, 7) is 1.04. The highest BCUT2D eigenvalue weighted by atomic mass is 16.5. The number of ether oxygens (including phenoxy) is 2. The van der Waals surface area contributed by atoms with E-state index >= 15 is 0 Å². The summed E-state index contributed by atoms with van der Waals surface area (Å²) >= 11 is 0. The van der Waals surface area contributed by atoms with E-state index in [1.165, 1.54) is 6.33 Å². The Morgan fingerprint density at radius 3 is 2.68 bits per heavy atom. The van der Waals surface area contributed by atoms with Gasteiger partial charge in [-0.25, -0.2) is 4.98 Å². The first kappa shape index (κ1) is 14.5. The fourth-order valence-electron chi connectivity index (χ4n) is 2.39. The fraction of sp³-hybridized carbons (Fsp3) is 0.250. The first-order chi connectivity index (χ1) is 10.8. The summed E-state index contributed by atoms with van der Waals surface area (Å²) in [6, 6.07) is 9.98. The third-order valence-electron chi connectivity index (χ3n) is 3.47. The zero-order valence-electron chi connectivity index (χ0n) is 12.3. The number of benzene rings is 1. The van der Waals surface area contributed by atoms with E-state index < -0.39 is 0 Å². The molecular weight excluding hydrogens is 280 g/mol. The Morgan fingerprint density at radius 2 is 1.95 bits per heavy atom. The van der Waals surface area contributed by atoms with Crippen molar-refractivity contribution in [1.82, 2.24) is 20.7 Å². The fourth-order valence-corrected chi connectivity index (χ4v) is 2.39. The number of methoxy groups -OCH3 is 1. The summed E-state index contributed by atoms with van der Waals surface area (Å²) in [7, 11) is 1.56. The molecule has 0 amide bonds. The van der Waals surface area contributed by atoms with Crippen LogP contribution in [-0.2, 0) is 24.5 Å². The minimum atomic E-state index is 0.129. The Bertz CT molecular complexity index is 755. The molecule has 6 heteroatoms. The van der Waals surface area contributed by atoms with Crippen molar-refractivity contribution in [3.63, 3.8) is 0 Å². The minimum Gasteiger partial charge on any atom is -0.479 e. The molecule has 2 heterocycles. The number of nitrogens with zero attached hydrogens (tertiary/aromatic N) is 2. The number of aromatic nitrogens is 3. The molecule has 1 radical (unpaired) electrons. The van der Waals surface area contributed by atoms with Crippen LogP contribution in [0.25, 0.3) is 11.0 Å². The summed E-state index contributed by atoms with van der Waals surface area (Å²) in [5, 5.41) is 0. The lowest BCUT2D eigenvalue weighted by Gasteiger charge is -2.04. The lowest BCUT2D eigenvalue weighted by atomic mass is 10.2. The third kappa shape index (κ3) is 2.79. The van der Waals surface area contributed by atoms with Gasteiger partial charge in [0.15, 0.2) is 0 Å². The topological polar surface area (TPSA) is 83.8 Å². The molecule has 3 rings (SSSR count). The lowest BCUT2D eigenvalue weighted by molar-refractivity contribution is 0.104. The molecule has 6 nitrogen and oxygen atoms in total. The molecule has 113 valence electrons. The zero-order chi connectivity index (χ0) is 15.4. The van der Waals surface area contributed by atoms with Crippen molar-refractivity contribution in [2.24, 2.45) is 0 Å². The highest BCUT2D eigenvalue weighted by Crippen LogP contribution is 2.26. The van der Waals surface area contributed by atoms with E-state index in [0.717, 1.165) is 22.3 Å². The van der Waals surface area contributed by atoms with Gasteiger partial charge in [-0.3, -0.25) is 5.73 Å². The van der Waals surface area contributed by atoms with Crippen LogP contribution in [0.4, 0.5) is 0 Å². The SMILES string of the molecule is COc1ncnc2c(C[NH])c(COCc3ccccc3)[nH]c12. The molecule has 0 saturated carbocycles. The molecule has 2 aromatic heterocycles. The predicted octanol–water partition coefficient (Wildman–Crippen LogP) is 2.47. The van der Waals surface area contributed by atoms with Crippen molar-refractivity contribution in [3.05, 3.63) is 53.5 Å². The van der Waals surface area contributed by atoms with Gasteiger partial charge < -0.3 is 14.5 Å². The third-order valence-corrected chi connectivity index (χ3v) is 3.47. The number of hydrogen-bond acceptors (Lipinski definition) is 4. The number of hydrogen-bond donors (Lipinski definition) is 1. The molecule has 3 aromatic rings. The van der Waals surface area contributed by atoms with E-state index in [2.05, 4.69) is 15.0 Å². The van der Waals surface area contributed by atoms with Gasteiger partial charge in [0.2, 0.25) is 5.88 Å². The number of H-pyrrole nitrogens is 1. The van der Waals surface area contributed by atoms with Gasteiger partial charge in [-0.05, 0) is 5.56 Å². The first-order valence-electron chi connectivity index (χ1n) is 6.98. The molecule has 0 spiro atoms. The molecule has 0 atom stereocenters. The van der Waals surface area contributed by atoms with Crippen molar-refractivity contribution >= 4 is 11.0 Å².